The molecule has 1 saturated carbocycles. The van der Waals surface area contributed by atoms with Gasteiger partial charge >= 0.3 is 0 Å². The number of unbranched alkanes of at least 4 members (excludes halogenated alkanes) is 6. The van der Waals surface area contributed by atoms with Gasteiger partial charge in [0.1, 0.15) is 0 Å². The molecule has 0 bridgehead atoms. The highest BCUT2D eigenvalue weighted by atomic mass is 16.5. The average molecular weight is 451 g/mol. The second-order valence-electron chi connectivity index (χ2n) is 10.1. The Morgan fingerprint density at radius 3 is 1.97 bits per heavy atom. The monoisotopic (exact) mass is 450 g/mol. The largest absolute Gasteiger partial charge is 0.490 e. The Morgan fingerprint density at radius 2 is 1.33 bits per heavy atom. The molecular formula is C30H46N2O. The molecule has 0 amide bonds. The normalized spacial score (nSPS) is 18.4. The van der Waals surface area contributed by atoms with E-state index in [1.807, 2.05) is 12.4 Å². The lowest BCUT2D eigenvalue weighted by molar-refractivity contribution is 0.252. The molecule has 3 rings (SSSR count). The van der Waals surface area contributed by atoms with Crippen molar-refractivity contribution in [2.45, 2.75) is 110 Å². The minimum Gasteiger partial charge on any atom is -0.490 e. The molecule has 1 aromatic heterocycles. The van der Waals surface area contributed by atoms with Crippen LogP contribution in [-0.2, 0) is 6.42 Å². The molecule has 3 heteroatoms. The first-order chi connectivity index (χ1) is 16.3. The lowest BCUT2D eigenvalue weighted by Crippen LogP contribution is -2.15. The predicted octanol–water partition coefficient (Wildman–Crippen LogP) is 8.81. The van der Waals surface area contributed by atoms with E-state index in [1.165, 1.54) is 95.5 Å². The van der Waals surface area contributed by atoms with Crippen LogP contribution in [0.4, 0.5) is 0 Å². The van der Waals surface area contributed by atoms with Crippen LogP contribution in [0.5, 0.6) is 5.75 Å². The molecule has 1 aliphatic carbocycles. The predicted molar refractivity (Wildman–Crippen MR) is 140 cm³/mol. The van der Waals surface area contributed by atoms with Crippen LogP contribution in [0.1, 0.15) is 109 Å². The van der Waals surface area contributed by atoms with Crippen LogP contribution in [0, 0.1) is 11.8 Å². The van der Waals surface area contributed by atoms with Crippen molar-refractivity contribution < 1.29 is 4.74 Å². The summed E-state index contributed by atoms with van der Waals surface area (Å²) < 4.78 is 5.83. The van der Waals surface area contributed by atoms with Crippen molar-refractivity contribution in [2.24, 2.45) is 11.8 Å². The minimum absolute atomic E-state index is 0.755. The average Bonchev–Trinajstić information content (AvgIpc) is 2.86. The zero-order chi connectivity index (χ0) is 23.1. The van der Waals surface area contributed by atoms with Crippen LogP contribution in [-0.4, -0.2) is 16.6 Å². The zero-order valence-electron chi connectivity index (χ0n) is 21.2. The van der Waals surface area contributed by atoms with Crippen LogP contribution in [0.25, 0.3) is 11.4 Å². The van der Waals surface area contributed by atoms with Gasteiger partial charge < -0.3 is 4.74 Å². The standard InChI is InChI=1S/C30H46N2O/c1-3-5-6-7-8-9-10-22-33-29-23-31-30(32-24-29)28-20-18-27(19-21-28)17-16-26-14-12-25(11-4-2)13-15-26/h18-21,23-26H,3-17,22H2,1-2H3. The van der Waals surface area contributed by atoms with E-state index in [9.17, 15) is 0 Å². The first-order valence-electron chi connectivity index (χ1n) is 13.8. The van der Waals surface area contributed by atoms with Crippen molar-refractivity contribution in [1.82, 2.24) is 9.97 Å². The first-order valence-corrected chi connectivity index (χ1v) is 13.8. The molecule has 1 heterocycles. The van der Waals surface area contributed by atoms with Gasteiger partial charge in [0, 0.05) is 5.56 Å². The third-order valence-electron chi connectivity index (χ3n) is 7.36. The van der Waals surface area contributed by atoms with Crippen molar-refractivity contribution in [3.05, 3.63) is 42.2 Å². The van der Waals surface area contributed by atoms with Crippen molar-refractivity contribution in [1.29, 1.82) is 0 Å². The summed E-state index contributed by atoms with van der Waals surface area (Å²) in [5.41, 5.74) is 2.52. The Labute approximate surface area is 202 Å². The van der Waals surface area contributed by atoms with Gasteiger partial charge in [-0.1, -0.05) is 115 Å². The van der Waals surface area contributed by atoms with Crippen LogP contribution >= 0.6 is 0 Å². The van der Waals surface area contributed by atoms with Gasteiger partial charge in [0.05, 0.1) is 19.0 Å². The summed E-state index contributed by atoms with van der Waals surface area (Å²) in [6.07, 6.45) is 23.8. The summed E-state index contributed by atoms with van der Waals surface area (Å²) in [5.74, 6) is 3.48. The molecule has 0 atom stereocenters. The van der Waals surface area contributed by atoms with E-state index in [0.717, 1.165) is 42.0 Å². The number of ether oxygens (including phenoxy) is 1. The van der Waals surface area contributed by atoms with E-state index in [4.69, 9.17) is 4.74 Å². The summed E-state index contributed by atoms with van der Waals surface area (Å²) in [6.45, 7) is 5.34. The Bertz CT molecular complexity index is 748. The lowest BCUT2D eigenvalue weighted by Gasteiger charge is -2.28. The summed E-state index contributed by atoms with van der Waals surface area (Å²) in [5, 5.41) is 0. The topological polar surface area (TPSA) is 35.0 Å². The van der Waals surface area contributed by atoms with Gasteiger partial charge in [-0.15, -0.1) is 0 Å². The maximum Gasteiger partial charge on any atom is 0.159 e. The maximum absolute atomic E-state index is 5.83. The second kappa shape index (κ2) is 15.1. The van der Waals surface area contributed by atoms with E-state index in [1.54, 1.807) is 0 Å². The number of rotatable bonds is 15. The number of hydrogen-bond acceptors (Lipinski definition) is 3. The van der Waals surface area contributed by atoms with Crippen LogP contribution in [0.2, 0.25) is 0 Å². The summed E-state index contributed by atoms with van der Waals surface area (Å²) in [4.78, 5) is 9.07. The first kappa shape index (κ1) is 25.7. The highest BCUT2D eigenvalue weighted by Crippen LogP contribution is 2.34. The molecule has 0 N–H and O–H groups in total. The Balaban J connectivity index is 1.34. The van der Waals surface area contributed by atoms with Gasteiger partial charge in [-0.2, -0.15) is 0 Å². The van der Waals surface area contributed by atoms with Gasteiger partial charge in [0.2, 0.25) is 0 Å². The molecule has 1 fully saturated rings. The molecular weight excluding hydrogens is 404 g/mol. The molecule has 0 saturated heterocycles. The van der Waals surface area contributed by atoms with Gasteiger partial charge in [-0.25, -0.2) is 9.97 Å². The van der Waals surface area contributed by atoms with Crippen molar-refractivity contribution in [3.63, 3.8) is 0 Å². The third-order valence-corrected chi connectivity index (χ3v) is 7.36. The van der Waals surface area contributed by atoms with Gasteiger partial charge in [-0.3, -0.25) is 0 Å². The molecule has 1 aromatic carbocycles. The fraction of sp³-hybridized carbons (Fsp3) is 0.667. The molecule has 2 aromatic rings. The van der Waals surface area contributed by atoms with Crippen molar-refractivity contribution in [2.75, 3.05) is 6.61 Å². The Kier molecular flexibility index (Phi) is 11.8. The van der Waals surface area contributed by atoms with Gasteiger partial charge in [0.25, 0.3) is 0 Å². The van der Waals surface area contributed by atoms with E-state index < -0.39 is 0 Å². The van der Waals surface area contributed by atoms with Gasteiger partial charge in [-0.05, 0) is 36.7 Å². The minimum atomic E-state index is 0.755. The van der Waals surface area contributed by atoms with Crippen molar-refractivity contribution in [3.8, 4) is 17.1 Å². The Hall–Kier alpha value is -1.90. The number of aryl methyl sites for hydroxylation is 1. The van der Waals surface area contributed by atoms with Crippen molar-refractivity contribution >= 4 is 0 Å². The highest BCUT2D eigenvalue weighted by Gasteiger charge is 2.20. The molecule has 182 valence electrons. The zero-order valence-corrected chi connectivity index (χ0v) is 21.2. The van der Waals surface area contributed by atoms with E-state index in [-0.39, 0.29) is 0 Å². The maximum atomic E-state index is 5.83. The SMILES string of the molecule is CCCCCCCCCOc1cnc(-c2ccc(CCC3CCC(CCC)CC3)cc2)nc1. The van der Waals surface area contributed by atoms with Crippen LogP contribution < -0.4 is 4.74 Å². The molecule has 3 nitrogen and oxygen atoms in total. The van der Waals surface area contributed by atoms with E-state index >= 15 is 0 Å². The summed E-state index contributed by atoms with van der Waals surface area (Å²) in [7, 11) is 0. The summed E-state index contributed by atoms with van der Waals surface area (Å²) in [6, 6.07) is 8.85. The second-order valence-corrected chi connectivity index (χ2v) is 10.1. The molecule has 0 radical (unpaired) electrons. The molecule has 0 aliphatic heterocycles. The van der Waals surface area contributed by atoms with E-state index in [0.29, 0.717) is 0 Å². The van der Waals surface area contributed by atoms with Crippen LogP contribution in [0.15, 0.2) is 36.7 Å². The molecule has 0 spiro atoms. The Morgan fingerprint density at radius 1 is 0.727 bits per heavy atom. The van der Waals surface area contributed by atoms with Gasteiger partial charge in [0.15, 0.2) is 11.6 Å². The fourth-order valence-corrected chi connectivity index (χ4v) is 5.20. The third kappa shape index (κ3) is 9.47. The molecule has 33 heavy (non-hydrogen) atoms. The quantitative estimate of drug-likeness (QED) is 0.254. The molecule has 0 unspecified atom stereocenters. The van der Waals surface area contributed by atoms with Crippen LogP contribution in [0.3, 0.4) is 0 Å². The number of benzene rings is 1. The fourth-order valence-electron chi connectivity index (χ4n) is 5.20. The number of aromatic nitrogens is 2. The highest BCUT2D eigenvalue weighted by molar-refractivity contribution is 5.55. The smallest absolute Gasteiger partial charge is 0.159 e. The number of nitrogens with zero attached hydrogens (tertiary/aromatic N) is 2. The molecule has 1 aliphatic rings. The number of hydrogen-bond donors (Lipinski definition) is 0. The lowest BCUT2D eigenvalue weighted by atomic mass is 9.78. The summed E-state index contributed by atoms with van der Waals surface area (Å²) >= 11 is 0. The van der Waals surface area contributed by atoms with E-state index in [2.05, 4.69) is 48.1 Å².